The molecule has 10 nitrogen and oxygen atoms in total. The Balaban J connectivity index is 1.18. The number of anilines is 2. The molecule has 2 N–H and O–H groups in total. The van der Waals surface area contributed by atoms with Crippen LogP contribution in [0, 0.1) is 11.3 Å². The molecule has 2 atom stereocenters. The van der Waals surface area contributed by atoms with E-state index in [0.717, 1.165) is 67.8 Å². The zero-order valence-corrected chi connectivity index (χ0v) is 27.1. The third-order valence-electron chi connectivity index (χ3n) is 10.8. The standard InChI is InChI=1S/C38H41N7O3/c39-19-18-37(24-27-8-2-1-3-9-27)26-44(22-23-45(37)36(46)47)34-30-15-21-43(32-13-6-11-28-10-4-5-12-29(28)32)25-31(30)41-35(42-34)48-38(16-17-38)33-14-7-20-40-33/h1-6,8-13,33,40H,7,14-18,20-26H2,(H,46,47)/t33-,37-/m1/s1. The monoisotopic (exact) mass is 643 g/mol. The van der Waals surface area contributed by atoms with E-state index in [1.54, 1.807) is 0 Å². The summed E-state index contributed by atoms with van der Waals surface area (Å²) in [4.78, 5) is 29.0. The summed E-state index contributed by atoms with van der Waals surface area (Å²) in [5.41, 5.74) is 2.98. The first-order chi connectivity index (χ1) is 23.5. The van der Waals surface area contributed by atoms with E-state index in [1.807, 2.05) is 30.3 Å². The number of rotatable bonds is 8. The van der Waals surface area contributed by atoms with Gasteiger partial charge in [0.15, 0.2) is 0 Å². The maximum Gasteiger partial charge on any atom is 0.407 e. The summed E-state index contributed by atoms with van der Waals surface area (Å²) in [7, 11) is 0. The van der Waals surface area contributed by atoms with E-state index >= 15 is 0 Å². The van der Waals surface area contributed by atoms with Crippen molar-refractivity contribution in [2.45, 2.75) is 68.7 Å². The van der Waals surface area contributed by atoms with E-state index in [1.165, 1.54) is 21.4 Å². The van der Waals surface area contributed by atoms with Crippen LogP contribution in [-0.2, 0) is 19.4 Å². The number of hydrogen-bond donors (Lipinski definition) is 2. The number of fused-ring (bicyclic) bond motifs is 2. The number of nitrogens with one attached hydrogen (secondary N) is 1. The highest BCUT2D eigenvalue weighted by atomic mass is 16.5. The van der Waals surface area contributed by atoms with Crippen LogP contribution in [0.15, 0.2) is 72.8 Å². The molecule has 4 aromatic rings. The van der Waals surface area contributed by atoms with Crippen LogP contribution in [-0.4, -0.2) is 76.0 Å². The van der Waals surface area contributed by atoms with Crippen molar-refractivity contribution in [1.29, 1.82) is 5.26 Å². The molecule has 1 aromatic heterocycles. The van der Waals surface area contributed by atoms with E-state index in [2.05, 4.69) is 63.7 Å². The maximum absolute atomic E-state index is 12.7. The molecule has 10 heteroatoms. The molecule has 1 amide bonds. The molecule has 4 aliphatic rings. The summed E-state index contributed by atoms with van der Waals surface area (Å²) in [6.07, 6.45) is 4.43. The Labute approximate surface area is 281 Å². The highest BCUT2D eigenvalue weighted by Crippen LogP contribution is 2.46. The minimum Gasteiger partial charge on any atom is -0.465 e. The van der Waals surface area contributed by atoms with E-state index in [-0.39, 0.29) is 18.6 Å². The lowest BCUT2D eigenvalue weighted by Crippen LogP contribution is -2.65. The lowest BCUT2D eigenvalue weighted by atomic mass is 9.83. The molecular weight excluding hydrogens is 602 g/mol. The van der Waals surface area contributed by atoms with Gasteiger partial charge in [0.1, 0.15) is 11.4 Å². The second-order valence-electron chi connectivity index (χ2n) is 13.8. The Bertz CT molecular complexity index is 1860. The fourth-order valence-corrected chi connectivity index (χ4v) is 8.29. The number of hydrogen-bond acceptors (Lipinski definition) is 8. The Hall–Kier alpha value is -4.88. The van der Waals surface area contributed by atoms with Crippen molar-refractivity contribution in [2.24, 2.45) is 0 Å². The SMILES string of the molecule is N#CC[C@@]1(Cc2ccccc2)CN(c2nc(OC3([C@H]4CCCN4)CC3)nc3c2CCN(c2cccc4ccccc24)C3)CCN1C(=O)O. The first-order valence-corrected chi connectivity index (χ1v) is 17.2. The number of amides is 1. The van der Waals surface area contributed by atoms with Gasteiger partial charge in [-0.05, 0) is 62.1 Å². The number of nitriles is 1. The molecule has 3 aromatic carbocycles. The largest absolute Gasteiger partial charge is 0.465 e. The van der Waals surface area contributed by atoms with E-state index < -0.39 is 11.6 Å². The van der Waals surface area contributed by atoms with Gasteiger partial charge in [-0.3, -0.25) is 4.90 Å². The van der Waals surface area contributed by atoms with Gasteiger partial charge in [-0.15, -0.1) is 0 Å². The van der Waals surface area contributed by atoms with Crippen LogP contribution in [0.1, 0.15) is 48.9 Å². The number of benzene rings is 3. The summed E-state index contributed by atoms with van der Waals surface area (Å²) in [6, 6.07) is 27.8. The second-order valence-corrected chi connectivity index (χ2v) is 13.8. The van der Waals surface area contributed by atoms with Crippen molar-refractivity contribution in [1.82, 2.24) is 20.2 Å². The van der Waals surface area contributed by atoms with Crippen LogP contribution < -0.4 is 19.9 Å². The van der Waals surface area contributed by atoms with Gasteiger partial charge < -0.3 is 25.0 Å². The minimum absolute atomic E-state index is 0.0760. The molecule has 3 aliphatic heterocycles. The van der Waals surface area contributed by atoms with Crippen molar-refractivity contribution >= 4 is 28.4 Å². The molecule has 0 spiro atoms. The van der Waals surface area contributed by atoms with E-state index in [4.69, 9.17) is 14.7 Å². The quantitative estimate of drug-likeness (QED) is 0.255. The number of piperazine rings is 1. The van der Waals surface area contributed by atoms with Crippen molar-refractivity contribution in [3.05, 3.63) is 89.6 Å². The van der Waals surface area contributed by atoms with Crippen LogP contribution in [0.4, 0.5) is 16.3 Å². The second kappa shape index (κ2) is 12.3. The Kier molecular flexibility index (Phi) is 7.80. The minimum atomic E-state index is -1.000. The normalized spacial score (nSPS) is 23.1. The van der Waals surface area contributed by atoms with Gasteiger partial charge in [0.05, 0.1) is 30.3 Å². The first-order valence-electron chi connectivity index (χ1n) is 17.2. The molecule has 48 heavy (non-hydrogen) atoms. The summed E-state index contributed by atoms with van der Waals surface area (Å²) in [5, 5.41) is 26.5. The zero-order valence-electron chi connectivity index (χ0n) is 27.1. The molecule has 0 unspecified atom stereocenters. The predicted octanol–water partition coefficient (Wildman–Crippen LogP) is 5.55. The average Bonchev–Trinajstić information content (AvgIpc) is 3.65. The van der Waals surface area contributed by atoms with Gasteiger partial charge in [0.2, 0.25) is 0 Å². The average molecular weight is 644 g/mol. The van der Waals surface area contributed by atoms with Gasteiger partial charge in [-0.25, -0.2) is 4.79 Å². The topological polar surface area (TPSA) is 118 Å². The molecule has 246 valence electrons. The summed E-state index contributed by atoms with van der Waals surface area (Å²) >= 11 is 0. The summed E-state index contributed by atoms with van der Waals surface area (Å²) in [6.45, 7) is 3.52. The summed E-state index contributed by atoms with van der Waals surface area (Å²) < 4.78 is 6.77. The number of ether oxygens (including phenoxy) is 1. The lowest BCUT2D eigenvalue weighted by Gasteiger charge is -2.49. The van der Waals surface area contributed by atoms with Gasteiger partial charge in [-0.1, -0.05) is 66.7 Å². The van der Waals surface area contributed by atoms with Gasteiger partial charge in [0, 0.05) is 48.9 Å². The van der Waals surface area contributed by atoms with Crippen LogP contribution >= 0.6 is 0 Å². The van der Waals surface area contributed by atoms with Crippen molar-refractivity contribution in [3.63, 3.8) is 0 Å². The third kappa shape index (κ3) is 5.56. The molecule has 1 aliphatic carbocycles. The molecular formula is C38H41N7O3. The van der Waals surface area contributed by atoms with Crippen LogP contribution in [0.25, 0.3) is 10.8 Å². The van der Waals surface area contributed by atoms with Crippen LogP contribution in [0.5, 0.6) is 6.01 Å². The summed E-state index contributed by atoms with van der Waals surface area (Å²) in [5.74, 6) is 0.808. The molecule has 0 bridgehead atoms. The number of nitrogens with zero attached hydrogens (tertiary/aromatic N) is 6. The van der Waals surface area contributed by atoms with Gasteiger partial charge in [0.25, 0.3) is 0 Å². The van der Waals surface area contributed by atoms with Gasteiger partial charge in [-0.2, -0.15) is 15.2 Å². The maximum atomic E-state index is 12.7. The highest BCUT2D eigenvalue weighted by molar-refractivity contribution is 5.94. The first kappa shape index (κ1) is 30.5. The highest BCUT2D eigenvalue weighted by Gasteiger charge is 2.54. The number of carboxylic acid groups (broad SMARTS) is 1. The Morgan fingerprint density at radius 1 is 1.00 bits per heavy atom. The van der Waals surface area contributed by atoms with Crippen molar-refractivity contribution < 1.29 is 14.6 Å². The fraction of sp³-hybridized carbons (Fsp3) is 0.421. The van der Waals surface area contributed by atoms with E-state index in [9.17, 15) is 15.2 Å². The molecule has 2 saturated heterocycles. The molecule has 8 rings (SSSR count). The molecule has 4 heterocycles. The number of carbonyl (C=O) groups is 1. The van der Waals surface area contributed by atoms with Crippen molar-refractivity contribution in [3.8, 4) is 12.1 Å². The van der Waals surface area contributed by atoms with Crippen LogP contribution in [0.2, 0.25) is 0 Å². The Morgan fingerprint density at radius 2 is 1.81 bits per heavy atom. The smallest absolute Gasteiger partial charge is 0.407 e. The number of aromatic nitrogens is 2. The third-order valence-corrected chi connectivity index (χ3v) is 10.8. The van der Waals surface area contributed by atoms with Crippen molar-refractivity contribution in [2.75, 3.05) is 42.5 Å². The van der Waals surface area contributed by atoms with E-state index in [0.29, 0.717) is 38.1 Å². The predicted molar refractivity (Wildman–Crippen MR) is 184 cm³/mol. The molecule has 3 fully saturated rings. The van der Waals surface area contributed by atoms with Gasteiger partial charge >= 0.3 is 12.1 Å². The Morgan fingerprint density at radius 3 is 2.58 bits per heavy atom. The fourth-order valence-electron chi connectivity index (χ4n) is 8.29. The molecule has 1 saturated carbocycles. The van der Waals surface area contributed by atoms with Crippen LogP contribution in [0.3, 0.4) is 0 Å². The molecule has 0 radical (unpaired) electrons. The lowest BCUT2D eigenvalue weighted by molar-refractivity contribution is 0.0667. The zero-order chi connectivity index (χ0) is 32.7.